The van der Waals surface area contributed by atoms with Crippen LogP contribution in [0.5, 0.6) is 5.88 Å². The van der Waals surface area contributed by atoms with Crippen LogP contribution in [-0.4, -0.2) is 50.9 Å². The Bertz CT molecular complexity index is 1080. The molecule has 0 radical (unpaired) electrons. The van der Waals surface area contributed by atoms with Gasteiger partial charge >= 0.3 is 6.09 Å². The van der Waals surface area contributed by atoms with Crippen molar-refractivity contribution < 1.29 is 14.1 Å². The van der Waals surface area contributed by atoms with E-state index in [0.29, 0.717) is 34.3 Å². The van der Waals surface area contributed by atoms with Gasteiger partial charge in [0, 0.05) is 37.2 Å². The molecule has 0 bridgehead atoms. The quantitative estimate of drug-likeness (QED) is 0.477. The molecular formula is C23H30ClN5O3S. The number of aromatic nitrogens is 3. The zero-order chi connectivity index (χ0) is 23.5. The van der Waals surface area contributed by atoms with E-state index in [2.05, 4.69) is 34.2 Å². The molecule has 1 amide bonds. The molecule has 1 aliphatic rings. The maximum atomic E-state index is 12.6. The third-order valence-corrected chi connectivity index (χ3v) is 7.09. The molecular weight excluding hydrogens is 462 g/mol. The third kappa shape index (κ3) is 5.77. The van der Waals surface area contributed by atoms with Crippen molar-refractivity contribution in [1.82, 2.24) is 24.9 Å². The van der Waals surface area contributed by atoms with Gasteiger partial charge in [-0.15, -0.1) is 11.3 Å². The Hall–Kier alpha value is -2.36. The van der Waals surface area contributed by atoms with Crippen molar-refractivity contribution in [2.75, 3.05) is 13.1 Å². The van der Waals surface area contributed by atoms with Crippen molar-refractivity contribution in [3.63, 3.8) is 0 Å². The molecule has 0 saturated carbocycles. The first-order chi connectivity index (χ1) is 15.8. The molecule has 0 atom stereocenters. The molecule has 1 fully saturated rings. The Labute approximate surface area is 202 Å². The summed E-state index contributed by atoms with van der Waals surface area (Å²) < 4.78 is 13.7. The second-order valence-corrected chi connectivity index (χ2v) is 10.6. The number of thiophene rings is 1. The number of likely N-dealkylation sites (tertiary alicyclic amines) is 1. The predicted molar refractivity (Wildman–Crippen MR) is 129 cm³/mol. The van der Waals surface area contributed by atoms with Crippen LogP contribution in [0.15, 0.2) is 28.9 Å². The summed E-state index contributed by atoms with van der Waals surface area (Å²) in [6.07, 6.45) is 2.97. The Morgan fingerprint density at radius 3 is 2.70 bits per heavy atom. The average Bonchev–Trinajstić information content (AvgIpc) is 3.49. The van der Waals surface area contributed by atoms with E-state index in [1.54, 1.807) is 6.20 Å². The second-order valence-electron chi connectivity index (χ2n) is 8.92. The Morgan fingerprint density at radius 2 is 2.06 bits per heavy atom. The van der Waals surface area contributed by atoms with E-state index in [0.717, 1.165) is 36.6 Å². The van der Waals surface area contributed by atoms with Crippen LogP contribution in [0.2, 0.25) is 4.34 Å². The summed E-state index contributed by atoms with van der Waals surface area (Å²) in [5.74, 6) is 2.00. The van der Waals surface area contributed by atoms with Crippen molar-refractivity contribution in [2.45, 2.75) is 65.1 Å². The Balaban J connectivity index is 1.43. The number of rotatable bonds is 7. The van der Waals surface area contributed by atoms with Gasteiger partial charge in [0.05, 0.1) is 22.0 Å². The van der Waals surface area contributed by atoms with Crippen LogP contribution >= 0.6 is 22.9 Å². The molecule has 1 N–H and O–H groups in total. The highest BCUT2D eigenvalue weighted by molar-refractivity contribution is 7.19. The van der Waals surface area contributed by atoms with Gasteiger partial charge in [-0.1, -0.05) is 30.6 Å². The zero-order valence-corrected chi connectivity index (χ0v) is 20.9. The number of amides is 1. The highest BCUT2D eigenvalue weighted by Crippen LogP contribution is 2.32. The molecule has 1 saturated heterocycles. The summed E-state index contributed by atoms with van der Waals surface area (Å²) in [6, 6.07) is 6.24. The van der Waals surface area contributed by atoms with E-state index in [4.69, 9.17) is 20.9 Å². The van der Waals surface area contributed by atoms with Crippen LogP contribution < -0.4 is 10.1 Å². The monoisotopic (exact) mass is 491 g/mol. The van der Waals surface area contributed by atoms with Gasteiger partial charge in [0.1, 0.15) is 11.5 Å². The topological polar surface area (TPSA) is 85.4 Å². The van der Waals surface area contributed by atoms with E-state index < -0.39 is 6.09 Å². The number of nitrogens with zero attached hydrogens (tertiary/aromatic N) is 4. The van der Waals surface area contributed by atoms with E-state index in [9.17, 15) is 4.79 Å². The van der Waals surface area contributed by atoms with Crippen molar-refractivity contribution in [3.8, 4) is 16.5 Å². The molecule has 4 rings (SSSR count). The normalized spacial score (nSPS) is 15.5. The molecule has 8 nitrogen and oxygen atoms in total. The zero-order valence-electron chi connectivity index (χ0n) is 19.4. The minimum Gasteiger partial charge on any atom is -0.391 e. The van der Waals surface area contributed by atoms with Gasteiger partial charge in [-0.2, -0.15) is 0 Å². The molecule has 3 aromatic rings. The smallest absolute Gasteiger partial charge is 0.391 e. The number of carbonyl (C=O) groups is 1. The summed E-state index contributed by atoms with van der Waals surface area (Å²) in [5.41, 5.74) is 0.709. The minimum absolute atomic E-state index is 0.115. The number of hydrogen-bond acceptors (Lipinski definition) is 7. The fourth-order valence-corrected chi connectivity index (χ4v) is 5.03. The van der Waals surface area contributed by atoms with Gasteiger partial charge in [0.15, 0.2) is 5.76 Å². The van der Waals surface area contributed by atoms with E-state index in [-0.39, 0.29) is 12.0 Å². The van der Waals surface area contributed by atoms with Gasteiger partial charge in [-0.25, -0.2) is 9.78 Å². The van der Waals surface area contributed by atoms with Crippen LogP contribution in [0.1, 0.15) is 58.0 Å². The number of ether oxygens (including phenoxy) is 1. The number of piperidine rings is 1. The summed E-state index contributed by atoms with van der Waals surface area (Å²) >= 11 is 7.47. The van der Waals surface area contributed by atoms with E-state index in [1.165, 1.54) is 11.3 Å². The lowest BCUT2D eigenvalue weighted by molar-refractivity contribution is 0.151. The predicted octanol–water partition coefficient (Wildman–Crippen LogP) is 5.39. The molecule has 4 heterocycles. The van der Waals surface area contributed by atoms with Gasteiger partial charge in [0.25, 0.3) is 0 Å². The fourth-order valence-electron chi connectivity index (χ4n) is 4.04. The molecule has 0 spiro atoms. The molecule has 0 unspecified atom stereocenters. The highest BCUT2D eigenvalue weighted by Gasteiger charge is 2.24. The van der Waals surface area contributed by atoms with Crippen molar-refractivity contribution in [1.29, 1.82) is 0 Å². The van der Waals surface area contributed by atoms with E-state index >= 15 is 0 Å². The molecule has 10 heteroatoms. The number of hydrogen-bond donors (Lipinski definition) is 1. The molecule has 178 valence electrons. The number of imidazole rings is 1. The summed E-state index contributed by atoms with van der Waals surface area (Å²) in [4.78, 5) is 20.5. The minimum atomic E-state index is -0.455. The average molecular weight is 492 g/mol. The van der Waals surface area contributed by atoms with E-state index in [1.807, 2.05) is 36.6 Å². The van der Waals surface area contributed by atoms with Crippen molar-refractivity contribution >= 4 is 29.0 Å². The van der Waals surface area contributed by atoms with Crippen LogP contribution in [0.4, 0.5) is 4.79 Å². The molecule has 0 aliphatic carbocycles. The number of nitrogens with one attached hydrogen (secondary N) is 1. The maximum absolute atomic E-state index is 12.6. The van der Waals surface area contributed by atoms with Gasteiger partial charge in [-0.3, -0.25) is 4.57 Å². The molecule has 3 aromatic heterocycles. The third-order valence-electron chi connectivity index (χ3n) is 5.84. The first-order valence-electron chi connectivity index (χ1n) is 11.3. The second kappa shape index (κ2) is 10.3. The standard InChI is InChI=1S/C23H30ClN5O3S/c1-14(2)22-25-12-21(31-23(30)26-16-7-9-28(10-8-16)15(3)4)29(22)13-17-11-18(32-27-17)19-5-6-20(24)33-19/h5-6,11-12,14-16H,7-10,13H2,1-4H3,(H,26,30). The lowest BCUT2D eigenvalue weighted by Gasteiger charge is -2.34. The lowest BCUT2D eigenvalue weighted by Crippen LogP contribution is -2.47. The fraction of sp³-hybridized carbons (Fsp3) is 0.522. The largest absolute Gasteiger partial charge is 0.414 e. The van der Waals surface area contributed by atoms with Crippen LogP contribution in [0.3, 0.4) is 0 Å². The SMILES string of the molecule is CC(C)c1ncc(OC(=O)NC2CCN(C(C)C)CC2)n1Cc1cc(-c2ccc(Cl)s2)on1. The number of halogens is 1. The Morgan fingerprint density at radius 1 is 1.30 bits per heavy atom. The highest BCUT2D eigenvalue weighted by atomic mass is 35.5. The summed E-state index contributed by atoms with van der Waals surface area (Å²) in [6.45, 7) is 10.8. The van der Waals surface area contributed by atoms with Gasteiger partial charge in [0.2, 0.25) is 5.88 Å². The number of carbonyl (C=O) groups excluding carboxylic acids is 1. The van der Waals surface area contributed by atoms with Crippen molar-refractivity contribution in [2.24, 2.45) is 0 Å². The first-order valence-corrected chi connectivity index (χ1v) is 12.5. The van der Waals surface area contributed by atoms with Crippen LogP contribution in [-0.2, 0) is 6.54 Å². The lowest BCUT2D eigenvalue weighted by atomic mass is 10.0. The molecule has 1 aliphatic heterocycles. The summed E-state index contributed by atoms with van der Waals surface area (Å²) in [5, 5.41) is 7.20. The first kappa shape index (κ1) is 23.8. The van der Waals surface area contributed by atoms with Gasteiger partial charge < -0.3 is 19.5 Å². The molecule has 0 aromatic carbocycles. The van der Waals surface area contributed by atoms with Crippen molar-refractivity contribution in [3.05, 3.63) is 40.3 Å². The molecule has 33 heavy (non-hydrogen) atoms. The summed E-state index contributed by atoms with van der Waals surface area (Å²) in [7, 11) is 0. The van der Waals surface area contributed by atoms with Gasteiger partial charge in [-0.05, 0) is 38.8 Å². The van der Waals surface area contributed by atoms with Crippen LogP contribution in [0, 0.1) is 0 Å². The Kier molecular flexibility index (Phi) is 7.41. The van der Waals surface area contributed by atoms with Crippen LogP contribution in [0.25, 0.3) is 10.6 Å². The maximum Gasteiger partial charge on any atom is 0.414 e.